The Morgan fingerprint density at radius 2 is 1.95 bits per heavy atom. The summed E-state index contributed by atoms with van der Waals surface area (Å²) in [5.74, 6) is -0.146. The van der Waals surface area contributed by atoms with Crippen molar-refractivity contribution in [2.24, 2.45) is 0 Å². The number of nitrogens with one attached hydrogen (secondary N) is 2. The molecule has 4 nitrogen and oxygen atoms in total. The minimum atomic E-state index is -0.146. The lowest BCUT2D eigenvalue weighted by Crippen LogP contribution is -2.16. The number of hydrogen-bond donors (Lipinski definition) is 2. The average molecular weight is 283 g/mol. The van der Waals surface area contributed by atoms with Gasteiger partial charge in [-0.1, -0.05) is 12.1 Å². The quantitative estimate of drug-likeness (QED) is 0.899. The first kappa shape index (κ1) is 15.0. The Balaban J connectivity index is 2.30. The van der Waals surface area contributed by atoms with E-state index >= 15 is 0 Å². The van der Waals surface area contributed by atoms with E-state index in [-0.39, 0.29) is 5.91 Å². The zero-order valence-corrected chi connectivity index (χ0v) is 12.9. The van der Waals surface area contributed by atoms with E-state index in [9.17, 15) is 4.79 Å². The lowest BCUT2D eigenvalue weighted by molar-refractivity contribution is 0.102. The van der Waals surface area contributed by atoms with Crippen molar-refractivity contribution in [2.45, 2.75) is 27.7 Å². The number of aryl methyl sites for hydroxylation is 2. The van der Waals surface area contributed by atoms with Crippen LogP contribution in [0.2, 0.25) is 0 Å². The van der Waals surface area contributed by atoms with E-state index in [4.69, 9.17) is 0 Å². The normalized spacial score (nSPS) is 10.3. The number of aromatic nitrogens is 1. The number of benzene rings is 1. The van der Waals surface area contributed by atoms with Crippen LogP contribution in [0.4, 0.5) is 11.4 Å². The molecule has 0 radical (unpaired) electrons. The second-order valence-electron chi connectivity index (χ2n) is 5.10. The Labute approximate surface area is 125 Å². The Hall–Kier alpha value is -2.36. The van der Waals surface area contributed by atoms with Crippen LogP contribution in [0.3, 0.4) is 0 Å². The summed E-state index contributed by atoms with van der Waals surface area (Å²) >= 11 is 0. The third-order valence-electron chi connectivity index (χ3n) is 3.51. The van der Waals surface area contributed by atoms with Gasteiger partial charge in [-0.15, -0.1) is 0 Å². The number of rotatable bonds is 4. The first-order valence-corrected chi connectivity index (χ1v) is 7.11. The fourth-order valence-electron chi connectivity index (χ4n) is 2.15. The molecule has 0 aliphatic heterocycles. The molecule has 0 aliphatic carbocycles. The molecular weight excluding hydrogens is 262 g/mol. The summed E-state index contributed by atoms with van der Waals surface area (Å²) in [4.78, 5) is 16.7. The topological polar surface area (TPSA) is 54.0 Å². The second kappa shape index (κ2) is 6.39. The van der Waals surface area contributed by atoms with Gasteiger partial charge in [-0.2, -0.15) is 0 Å². The molecule has 0 atom stereocenters. The maximum absolute atomic E-state index is 12.5. The van der Waals surface area contributed by atoms with E-state index in [1.807, 2.05) is 52.0 Å². The van der Waals surface area contributed by atoms with Gasteiger partial charge in [-0.25, -0.2) is 0 Å². The van der Waals surface area contributed by atoms with Gasteiger partial charge in [0.15, 0.2) is 0 Å². The van der Waals surface area contributed by atoms with Crippen molar-refractivity contribution in [2.75, 3.05) is 17.2 Å². The van der Waals surface area contributed by atoms with Crippen LogP contribution in [0.1, 0.15) is 34.1 Å². The van der Waals surface area contributed by atoms with Gasteiger partial charge in [-0.05, 0) is 51.0 Å². The monoisotopic (exact) mass is 283 g/mol. The maximum atomic E-state index is 12.5. The largest absolute Gasteiger partial charge is 0.385 e. The molecule has 0 fully saturated rings. The SMILES string of the molecule is CCNc1cc(C)ncc1C(=O)Nc1cccc(C)c1C. The third kappa shape index (κ3) is 3.40. The van der Waals surface area contributed by atoms with Crippen molar-refractivity contribution in [3.63, 3.8) is 0 Å². The van der Waals surface area contributed by atoms with Crippen molar-refractivity contribution in [3.8, 4) is 0 Å². The standard InChI is InChI=1S/C17H21N3O/c1-5-18-16-9-12(3)19-10-14(16)17(21)20-15-8-6-7-11(2)13(15)4/h6-10H,5H2,1-4H3,(H,18,19)(H,20,21). The summed E-state index contributed by atoms with van der Waals surface area (Å²) in [6.45, 7) is 8.70. The molecule has 1 aromatic heterocycles. The lowest BCUT2D eigenvalue weighted by atomic mass is 10.1. The molecular formula is C17H21N3O. The number of hydrogen-bond acceptors (Lipinski definition) is 3. The minimum Gasteiger partial charge on any atom is -0.385 e. The molecule has 0 bridgehead atoms. The predicted octanol–water partition coefficient (Wildman–Crippen LogP) is 3.69. The van der Waals surface area contributed by atoms with E-state index < -0.39 is 0 Å². The number of pyridine rings is 1. The van der Waals surface area contributed by atoms with Gasteiger partial charge in [0.1, 0.15) is 0 Å². The zero-order chi connectivity index (χ0) is 15.4. The highest BCUT2D eigenvalue weighted by molar-refractivity contribution is 6.08. The van der Waals surface area contributed by atoms with Crippen LogP contribution in [-0.2, 0) is 0 Å². The summed E-state index contributed by atoms with van der Waals surface area (Å²) in [5, 5.41) is 6.18. The number of anilines is 2. The van der Waals surface area contributed by atoms with E-state index in [1.54, 1.807) is 6.20 Å². The number of nitrogens with zero attached hydrogens (tertiary/aromatic N) is 1. The van der Waals surface area contributed by atoms with E-state index in [1.165, 1.54) is 0 Å². The first-order chi connectivity index (χ1) is 10.0. The average Bonchev–Trinajstić information content (AvgIpc) is 2.44. The summed E-state index contributed by atoms with van der Waals surface area (Å²) in [7, 11) is 0. The Morgan fingerprint density at radius 1 is 1.19 bits per heavy atom. The maximum Gasteiger partial charge on any atom is 0.259 e. The molecule has 1 heterocycles. The van der Waals surface area contributed by atoms with Crippen molar-refractivity contribution in [3.05, 3.63) is 52.8 Å². The second-order valence-corrected chi connectivity index (χ2v) is 5.10. The first-order valence-electron chi connectivity index (χ1n) is 7.11. The van der Waals surface area contributed by atoms with E-state index in [0.717, 1.165) is 34.7 Å². The van der Waals surface area contributed by atoms with Crippen LogP contribution in [0.15, 0.2) is 30.5 Å². The van der Waals surface area contributed by atoms with Gasteiger partial charge in [0.2, 0.25) is 0 Å². The number of carbonyl (C=O) groups excluding carboxylic acids is 1. The molecule has 110 valence electrons. The molecule has 1 aromatic carbocycles. The summed E-state index contributed by atoms with van der Waals surface area (Å²) in [5.41, 5.74) is 5.33. The van der Waals surface area contributed by atoms with Crippen LogP contribution >= 0.6 is 0 Å². The molecule has 0 spiro atoms. The highest BCUT2D eigenvalue weighted by Crippen LogP contribution is 2.21. The van der Waals surface area contributed by atoms with Gasteiger partial charge < -0.3 is 10.6 Å². The Kier molecular flexibility index (Phi) is 4.58. The van der Waals surface area contributed by atoms with E-state index in [2.05, 4.69) is 15.6 Å². The van der Waals surface area contributed by atoms with Crippen LogP contribution in [0.5, 0.6) is 0 Å². The summed E-state index contributed by atoms with van der Waals surface area (Å²) in [6.07, 6.45) is 1.62. The zero-order valence-electron chi connectivity index (χ0n) is 12.9. The van der Waals surface area contributed by atoms with Gasteiger partial charge in [-0.3, -0.25) is 9.78 Å². The van der Waals surface area contributed by atoms with Crippen molar-refractivity contribution >= 4 is 17.3 Å². The molecule has 0 saturated carbocycles. The fourth-order valence-corrected chi connectivity index (χ4v) is 2.15. The molecule has 21 heavy (non-hydrogen) atoms. The van der Waals surface area contributed by atoms with E-state index in [0.29, 0.717) is 5.56 Å². The minimum absolute atomic E-state index is 0.146. The van der Waals surface area contributed by atoms with Crippen LogP contribution < -0.4 is 10.6 Å². The van der Waals surface area contributed by atoms with Gasteiger partial charge in [0, 0.05) is 24.1 Å². The summed E-state index contributed by atoms with van der Waals surface area (Å²) < 4.78 is 0. The molecule has 0 unspecified atom stereocenters. The molecule has 2 aromatic rings. The van der Waals surface area contributed by atoms with Crippen molar-refractivity contribution in [1.29, 1.82) is 0 Å². The molecule has 1 amide bonds. The fraction of sp³-hybridized carbons (Fsp3) is 0.294. The summed E-state index contributed by atoms with van der Waals surface area (Å²) in [6, 6.07) is 7.77. The molecule has 2 rings (SSSR count). The van der Waals surface area contributed by atoms with Crippen molar-refractivity contribution in [1.82, 2.24) is 4.98 Å². The number of amides is 1. The third-order valence-corrected chi connectivity index (χ3v) is 3.51. The smallest absolute Gasteiger partial charge is 0.259 e. The van der Waals surface area contributed by atoms with Crippen LogP contribution in [-0.4, -0.2) is 17.4 Å². The highest BCUT2D eigenvalue weighted by Gasteiger charge is 2.13. The molecule has 0 saturated heterocycles. The lowest BCUT2D eigenvalue weighted by Gasteiger charge is -2.13. The predicted molar refractivity (Wildman–Crippen MR) is 87.0 cm³/mol. The van der Waals surface area contributed by atoms with Gasteiger partial charge in [0.25, 0.3) is 5.91 Å². The van der Waals surface area contributed by atoms with Gasteiger partial charge >= 0.3 is 0 Å². The highest BCUT2D eigenvalue weighted by atomic mass is 16.1. The van der Waals surface area contributed by atoms with Crippen LogP contribution in [0.25, 0.3) is 0 Å². The Morgan fingerprint density at radius 3 is 2.67 bits per heavy atom. The van der Waals surface area contributed by atoms with Crippen molar-refractivity contribution < 1.29 is 4.79 Å². The number of carbonyl (C=O) groups is 1. The molecule has 2 N–H and O–H groups in total. The Bertz CT molecular complexity index is 665. The van der Waals surface area contributed by atoms with Crippen LogP contribution in [0, 0.1) is 20.8 Å². The van der Waals surface area contributed by atoms with Gasteiger partial charge in [0.05, 0.1) is 11.3 Å². The molecule has 4 heteroatoms. The molecule has 0 aliphatic rings.